The number of benzene rings is 1. The van der Waals surface area contributed by atoms with E-state index in [1.54, 1.807) is 23.6 Å². The zero-order valence-electron chi connectivity index (χ0n) is 9.91. The Bertz CT molecular complexity index is 728. The van der Waals surface area contributed by atoms with Gasteiger partial charge in [-0.3, -0.25) is 9.59 Å². The molecule has 0 atom stereocenters. The van der Waals surface area contributed by atoms with Crippen molar-refractivity contribution in [3.63, 3.8) is 0 Å². The average molecular weight is 373 g/mol. The molecule has 0 saturated heterocycles. The molecule has 1 aromatic heterocycles. The lowest BCUT2D eigenvalue weighted by molar-refractivity contribution is -0.118. The number of fused-ring (bicyclic) bond motifs is 1. The van der Waals surface area contributed by atoms with Crippen molar-refractivity contribution in [2.24, 2.45) is 0 Å². The third kappa shape index (κ3) is 2.34. The second-order valence-electron chi connectivity index (χ2n) is 4.09. The van der Waals surface area contributed by atoms with E-state index in [1.807, 2.05) is 0 Å². The molecule has 4 nitrogen and oxygen atoms in total. The van der Waals surface area contributed by atoms with Gasteiger partial charge in [-0.1, -0.05) is 11.6 Å². The van der Waals surface area contributed by atoms with Gasteiger partial charge in [-0.15, -0.1) is 11.3 Å². The summed E-state index contributed by atoms with van der Waals surface area (Å²) in [5, 5.41) is 4.88. The first kappa shape index (κ1) is 13.6. The molecule has 1 amide bonds. The summed E-state index contributed by atoms with van der Waals surface area (Å²) >= 11 is 10.6. The van der Waals surface area contributed by atoms with Crippen molar-refractivity contribution >= 4 is 56.2 Å². The molecule has 20 heavy (non-hydrogen) atoms. The van der Waals surface area contributed by atoms with Crippen LogP contribution in [0.4, 0.5) is 5.69 Å². The lowest BCUT2D eigenvalue weighted by Gasteiger charge is -2.19. The van der Waals surface area contributed by atoms with Crippen LogP contribution >= 0.6 is 38.9 Å². The Labute approximate surface area is 131 Å². The quantitative estimate of drug-likeness (QED) is 0.817. The minimum Gasteiger partial charge on any atom is -0.482 e. The Morgan fingerprint density at radius 2 is 2.25 bits per heavy atom. The maximum Gasteiger partial charge on any atom is 0.262 e. The SMILES string of the molecule is O=C1COc2cc(C(=O)c3sccc3Cl)c(Br)cc2N1. The second kappa shape index (κ2) is 5.20. The van der Waals surface area contributed by atoms with Crippen molar-refractivity contribution < 1.29 is 14.3 Å². The van der Waals surface area contributed by atoms with Gasteiger partial charge in [-0.2, -0.15) is 0 Å². The van der Waals surface area contributed by atoms with Gasteiger partial charge in [0.15, 0.2) is 6.61 Å². The van der Waals surface area contributed by atoms with Crippen LogP contribution in [0.3, 0.4) is 0 Å². The van der Waals surface area contributed by atoms with E-state index in [2.05, 4.69) is 21.2 Å². The van der Waals surface area contributed by atoms with E-state index >= 15 is 0 Å². The predicted molar refractivity (Wildman–Crippen MR) is 81.0 cm³/mol. The molecule has 0 bridgehead atoms. The van der Waals surface area contributed by atoms with Crippen LogP contribution in [0.2, 0.25) is 5.02 Å². The van der Waals surface area contributed by atoms with E-state index in [4.69, 9.17) is 16.3 Å². The normalized spacial score (nSPS) is 13.4. The van der Waals surface area contributed by atoms with Crippen molar-refractivity contribution in [3.05, 3.63) is 43.5 Å². The van der Waals surface area contributed by atoms with Crippen LogP contribution < -0.4 is 10.1 Å². The fourth-order valence-electron chi connectivity index (χ4n) is 1.85. The maximum absolute atomic E-state index is 12.5. The van der Waals surface area contributed by atoms with Gasteiger partial charge in [0, 0.05) is 10.0 Å². The molecule has 1 aliphatic rings. The third-order valence-corrected chi connectivity index (χ3v) is 4.77. The third-order valence-electron chi connectivity index (χ3n) is 2.77. The first-order chi connectivity index (χ1) is 9.56. The summed E-state index contributed by atoms with van der Waals surface area (Å²) < 4.78 is 5.89. The molecular weight excluding hydrogens is 366 g/mol. The van der Waals surface area contributed by atoms with Crippen molar-refractivity contribution in [2.75, 3.05) is 11.9 Å². The molecule has 0 fully saturated rings. The molecule has 0 spiro atoms. The van der Waals surface area contributed by atoms with Gasteiger partial charge >= 0.3 is 0 Å². The monoisotopic (exact) mass is 371 g/mol. The summed E-state index contributed by atoms with van der Waals surface area (Å²) in [5.41, 5.74) is 0.992. The topological polar surface area (TPSA) is 55.4 Å². The van der Waals surface area contributed by atoms with Gasteiger partial charge in [-0.05, 0) is 39.5 Å². The first-order valence-electron chi connectivity index (χ1n) is 5.60. The van der Waals surface area contributed by atoms with Crippen molar-refractivity contribution in [1.29, 1.82) is 0 Å². The molecule has 1 aliphatic heterocycles. The fraction of sp³-hybridized carbons (Fsp3) is 0.0769. The van der Waals surface area contributed by atoms with E-state index in [0.717, 1.165) is 0 Å². The molecule has 0 aliphatic carbocycles. The van der Waals surface area contributed by atoms with Gasteiger partial charge in [0.2, 0.25) is 5.78 Å². The summed E-state index contributed by atoms with van der Waals surface area (Å²) in [6.07, 6.45) is 0. The summed E-state index contributed by atoms with van der Waals surface area (Å²) in [5.74, 6) is 0.0776. The lowest BCUT2D eigenvalue weighted by atomic mass is 10.1. The highest BCUT2D eigenvalue weighted by Crippen LogP contribution is 2.36. The molecule has 1 N–H and O–H groups in total. The number of ketones is 1. The van der Waals surface area contributed by atoms with Gasteiger partial charge < -0.3 is 10.1 Å². The average Bonchev–Trinajstić information content (AvgIpc) is 2.83. The van der Waals surface area contributed by atoms with Crippen molar-refractivity contribution in [3.8, 4) is 5.75 Å². The summed E-state index contributed by atoms with van der Waals surface area (Å²) in [7, 11) is 0. The summed E-state index contributed by atoms with van der Waals surface area (Å²) in [4.78, 5) is 24.2. The highest BCUT2D eigenvalue weighted by molar-refractivity contribution is 9.10. The molecule has 0 unspecified atom stereocenters. The zero-order valence-corrected chi connectivity index (χ0v) is 13.1. The fourth-order valence-corrected chi connectivity index (χ4v) is 3.47. The number of carbonyl (C=O) groups is 2. The van der Waals surface area contributed by atoms with E-state index in [1.165, 1.54) is 11.3 Å². The van der Waals surface area contributed by atoms with Crippen LogP contribution in [-0.2, 0) is 4.79 Å². The minimum absolute atomic E-state index is 0.0536. The molecule has 1 aromatic carbocycles. The molecule has 0 saturated carbocycles. The Morgan fingerprint density at radius 3 is 2.95 bits per heavy atom. The van der Waals surface area contributed by atoms with Crippen LogP contribution in [0, 0.1) is 0 Å². The van der Waals surface area contributed by atoms with Gasteiger partial charge in [0.25, 0.3) is 5.91 Å². The standard InChI is InChI=1S/C13H7BrClNO3S/c14-7-4-9-10(19-5-11(17)16-9)3-6(7)12(18)13-8(15)1-2-20-13/h1-4H,5H2,(H,16,17). The number of nitrogens with one attached hydrogen (secondary N) is 1. The van der Waals surface area contributed by atoms with Gasteiger partial charge in [-0.25, -0.2) is 0 Å². The Hall–Kier alpha value is -1.37. The highest BCUT2D eigenvalue weighted by atomic mass is 79.9. The van der Waals surface area contributed by atoms with E-state index < -0.39 is 0 Å². The second-order valence-corrected chi connectivity index (χ2v) is 6.27. The first-order valence-corrected chi connectivity index (χ1v) is 7.65. The summed E-state index contributed by atoms with van der Waals surface area (Å²) in [6, 6.07) is 4.95. The predicted octanol–water partition coefficient (Wildman–Crippen LogP) is 3.73. The number of amides is 1. The van der Waals surface area contributed by atoms with Gasteiger partial charge in [0.05, 0.1) is 15.6 Å². The molecule has 2 heterocycles. The molecule has 7 heteroatoms. The number of hydrogen-bond donors (Lipinski definition) is 1. The largest absolute Gasteiger partial charge is 0.482 e. The van der Waals surface area contributed by atoms with Crippen LogP contribution in [-0.4, -0.2) is 18.3 Å². The van der Waals surface area contributed by atoms with E-state index in [0.29, 0.717) is 31.4 Å². The van der Waals surface area contributed by atoms with E-state index in [-0.39, 0.29) is 18.3 Å². The van der Waals surface area contributed by atoms with E-state index in [9.17, 15) is 9.59 Å². The minimum atomic E-state index is -0.218. The van der Waals surface area contributed by atoms with Crippen LogP contribution in [0.1, 0.15) is 15.2 Å². The number of anilines is 1. The molecule has 0 radical (unpaired) electrons. The number of thiophene rings is 1. The van der Waals surface area contributed by atoms with Crippen LogP contribution in [0.15, 0.2) is 28.1 Å². The number of rotatable bonds is 2. The number of halogens is 2. The number of carbonyl (C=O) groups excluding carboxylic acids is 2. The highest BCUT2D eigenvalue weighted by Gasteiger charge is 2.23. The van der Waals surface area contributed by atoms with Crippen molar-refractivity contribution in [1.82, 2.24) is 0 Å². The number of hydrogen-bond acceptors (Lipinski definition) is 4. The Balaban J connectivity index is 2.05. The smallest absolute Gasteiger partial charge is 0.262 e. The molecular formula is C13H7BrClNO3S. The molecule has 102 valence electrons. The van der Waals surface area contributed by atoms with Crippen molar-refractivity contribution in [2.45, 2.75) is 0 Å². The lowest BCUT2D eigenvalue weighted by Crippen LogP contribution is -2.25. The zero-order chi connectivity index (χ0) is 14.3. The molecule has 2 aromatic rings. The van der Waals surface area contributed by atoms with Crippen LogP contribution in [0.5, 0.6) is 5.75 Å². The van der Waals surface area contributed by atoms with Gasteiger partial charge in [0.1, 0.15) is 5.75 Å². The van der Waals surface area contributed by atoms with Crippen LogP contribution in [0.25, 0.3) is 0 Å². The summed E-state index contributed by atoms with van der Waals surface area (Å²) in [6.45, 7) is -0.0536. The number of ether oxygens (including phenoxy) is 1. The maximum atomic E-state index is 12.5. The Morgan fingerprint density at radius 1 is 1.45 bits per heavy atom. The molecule has 3 rings (SSSR count). The Kier molecular flexibility index (Phi) is 3.54.